The highest BCUT2D eigenvalue weighted by atomic mass is 31.2. The third-order valence-corrected chi connectivity index (χ3v) is 20.5. The number of aliphatic hydroxyl groups excluding tert-OH is 1. The molecule has 0 heterocycles. The van der Waals surface area contributed by atoms with Crippen molar-refractivity contribution in [2.24, 2.45) is 17.8 Å². The predicted molar refractivity (Wildman–Crippen MR) is 391 cm³/mol. The van der Waals surface area contributed by atoms with Gasteiger partial charge in [0.25, 0.3) is 0 Å². The van der Waals surface area contributed by atoms with E-state index in [1.54, 1.807) is 0 Å². The third-order valence-electron chi connectivity index (χ3n) is 18.6. The Morgan fingerprint density at radius 2 is 0.531 bits per heavy atom. The maximum absolute atomic E-state index is 13.1. The summed E-state index contributed by atoms with van der Waals surface area (Å²) in [4.78, 5) is 72.8. The van der Waals surface area contributed by atoms with E-state index in [1.807, 2.05) is 0 Å². The van der Waals surface area contributed by atoms with Crippen molar-refractivity contribution in [3.63, 3.8) is 0 Å². The molecule has 7 atom stereocenters. The smallest absolute Gasteiger partial charge is 0.462 e. The Balaban J connectivity index is 5.23. The van der Waals surface area contributed by atoms with Crippen LogP contribution in [0.3, 0.4) is 0 Å². The summed E-state index contributed by atoms with van der Waals surface area (Å²) in [6, 6.07) is 0. The first-order valence-electron chi connectivity index (χ1n) is 39.9. The van der Waals surface area contributed by atoms with Crippen LogP contribution in [-0.4, -0.2) is 96.7 Å². The van der Waals surface area contributed by atoms with Crippen LogP contribution in [0.5, 0.6) is 0 Å². The van der Waals surface area contributed by atoms with E-state index in [1.165, 1.54) is 199 Å². The lowest BCUT2D eigenvalue weighted by atomic mass is 9.99. The Kier molecular flexibility index (Phi) is 66.2. The van der Waals surface area contributed by atoms with Crippen LogP contribution in [0.4, 0.5) is 0 Å². The second kappa shape index (κ2) is 67.5. The minimum absolute atomic E-state index is 0.104. The molecule has 96 heavy (non-hydrogen) atoms. The largest absolute Gasteiger partial charge is 0.472 e. The first-order chi connectivity index (χ1) is 46.3. The molecule has 0 amide bonds. The fourth-order valence-corrected chi connectivity index (χ4v) is 13.3. The van der Waals surface area contributed by atoms with Gasteiger partial charge in [0.05, 0.1) is 26.4 Å². The molecule has 0 saturated heterocycles. The number of unbranched alkanes of at least 4 members (excludes halogenated alkanes) is 41. The Bertz CT molecular complexity index is 1870. The molecular formula is C77H150O17P2. The molecule has 0 spiro atoms. The molecule has 4 unspecified atom stereocenters. The standard InChI is InChI=1S/C77H150O17P2/c1-8-11-12-13-14-15-16-17-18-19-20-21-22-23-24-25-30-38-46-53-60-76(81)93-72(64-87-74(79)58-51-44-37-29-27-26-28-35-42-49-56-69(6)9-2)66-91-95(83,84)89-62-71(78)63-90-96(85,86)92-67-73(65-88-75(80)59-52-45-40-33-34-41-48-55-68(4)5)94-77(82)61-54-47-39-32-31-36-43-50-57-70(7)10-3/h68-73,78H,8-67H2,1-7H3,(H,83,84)(H,85,86)/t69?,70?,71-,72-,73-/m1/s1. The summed E-state index contributed by atoms with van der Waals surface area (Å²) in [7, 11) is -9.91. The average Bonchev–Trinajstić information content (AvgIpc) is 1.68. The molecule has 570 valence electrons. The first-order valence-corrected chi connectivity index (χ1v) is 42.9. The van der Waals surface area contributed by atoms with E-state index in [0.29, 0.717) is 31.6 Å². The van der Waals surface area contributed by atoms with Crippen LogP contribution in [0, 0.1) is 17.8 Å². The minimum Gasteiger partial charge on any atom is -0.462 e. The van der Waals surface area contributed by atoms with Gasteiger partial charge in [-0.25, -0.2) is 9.13 Å². The third kappa shape index (κ3) is 67.9. The molecule has 0 rings (SSSR count). The number of phosphoric ester groups is 2. The maximum atomic E-state index is 13.1. The van der Waals surface area contributed by atoms with E-state index in [4.69, 9.17) is 37.0 Å². The summed E-state index contributed by atoms with van der Waals surface area (Å²) in [5, 5.41) is 10.6. The zero-order valence-corrected chi connectivity index (χ0v) is 64.6. The van der Waals surface area contributed by atoms with Gasteiger partial charge in [0, 0.05) is 25.7 Å². The number of aliphatic hydroxyl groups is 1. The van der Waals surface area contributed by atoms with E-state index in [9.17, 15) is 43.2 Å². The highest BCUT2D eigenvalue weighted by Gasteiger charge is 2.30. The number of rotatable bonds is 75. The Morgan fingerprint density at radius 1 is 0.302 bits per heavy atom. The van der Waals surface area contributed by atoms with Crippen molar-refractivity contribution in [2.75, 3.05) is 39.6 Å². The molecule has 17 nitrogen and oxygen atoms in total. The van der Waals surface area contributed by atoms with Crippen molar-refractivity contribution in [1.29, 1.82) is 0 Å². The molecular weight excluding hydrogens is 1260 g/mol. The number of carbonyl (C=O) groups is 4. The lowest BCUT2D eigenvalue weighted by Gasteiger charge is -2.21. The lowest BCUT2D eigenvalue weighted by Crippen LogP contribution is -2.30. The van der Waals surface area contributed by atoms with Crippen molar-refractivity contribution in [1.82, 2.24) is 0 Å². The lowest BCUT2D eigenvalue weighted by molar-refractivity contribution is -0.161. The van der Waals surface area contributed by atoms with Gasteiger partial charge < -0.3 is 33.8 Å². The molecule has 0 aromatic heterocycles. The van der Waals surface area contributed by atoms with Gasteiger partial charge in [-0.2, -0.15) is 0 Å². The monoisotopic (exact) mass is 1410 g/mol. The molecule has 19 heteroatoms. The summed E-state index contributed by atoms with van der Waals surface area (Å²) in [5.41, 5.74) is 0. The summed E-state index contributed by atoms with van der Waals surface area (Å²) in [6.45, 7) is 11.9. The van der Waals surface area contributed by atoms with Gasteiger partial charge in [0.2, 0.25) is 0 Å². The molecule has 0 aromatic carbocycles. The van der Waals surface area contributed by atoms with Crippen LogP contribution in [0.15, 0.2) is 0 Å². The van der Waals surface area contributed by atoms with Gasteiger partial charge in [0.15, 0.2) is 12.2 Å². The van der Waals surface area contributed by atoms with Crippen LogP contribution in [0.25, 0.3) is 0 Å². The number of hydrogen-bond acceptors (Lipinski definition) is 15. The highest BCUT2D eigenvalue weighted by molar-refractivity contribution is 7.47. The van der Waals surface area contributed by atoms with Gasteiger partial charge in [-0.1, -0.05) is 344 Å². The van der Waals surface area contributed by atoms with Gasteiger partial charge in [-0.15, -0.1) is 0 Å². The Morgan fingerprint density at radius 3 is 0.792 bits per heavy atom. The van der Waals surface area contributed by atoms with Gasteiger partial charge in [-0.05, 0) is 43.4 Å². The Labute approximate surface area is 588 Å². The average molecular weight is 1410 g/mol. The summed E-state index contributed by atoms with van der Waals surface area (Å²) in [6.07, 6.45) is 54.2. The Hall–Kier alpha value is -1.94. The van der Waals surface area contributed by atoms with E-state index < -0.39 is 97.5 Å². The van der Waals surface area contributed by atoms with Gasteiger partial charge in [-0.3, -0.25) is 37.3 Å². The minimum atomic E-state index is -4.96. The number of esters is 4. The van der Waals surface area contributed by atoms with E-state index in [-0.39, 0.29) is 25.7 Å². The topological polar surface area (TPSA) is 237 Å². The molecule has 0 radical (unpaired) electrons. The number of phosphoric acid groups is 2. The fraction of sp³-hybridized carbons (Fsp3) is 0.948. The number of ether oxygens (including phenoxy) is 4. The summed E-state index contributed by atoms with van der Waals surface area (Å²) in [5.74, 6) is 0.164. The molecule has 0 aliphatic heterocycles. The first kappa shape index (κ1) is 94.1. The normalized spacial score (nSPS) is 14.6. The second-order valence-corrected chi connectivity index (χ2v) is 31.6. The van der Waals surface area contributed by atoms with Crippen molar-refractivity contribution in [2.45, 2.75) is 414 Å². The van der Waals surface area contributed by atoms with Crippen molar-refractivity contribution in [3.05, 3.63) is 0 Å². The zero-order chi connectivity index (χ0) is 70.9. The van der Waals surface area contributed by atoms with Crippen molar-refractivity contribution < 1.29 is 80.2 Å². The molecule has 0 aromatic rings. The van der Waals surface area contributed by atoms with Gasteiger partial charge >= 0.3 is 39.5 Å². The summed E-state index contributed by atoms with van der Waals surface area (Å²) >= 11 is 0. The molecule has 0 aliphatic rings. The van der Waals surface area contributed by atoms with Crippen LogP contribution in [0.2, 0.25) is 0 Å². The molecule has 0 aliphatic carbocycles. The molecule has 0 bridgehead atoms. The SMILES string of the molecule is CCCCCCCCCCCCCCCCCCCCCCC(=O)O[C@H](COC(=O)CCCCCCCCCCCCC(C)CC)COP(=O)(O)OC[C@@H](O)COP(=O)(O)OC[C@@H](COC(=O)CCCCCCCCCC(C)C)OC(=O)CCCCCCCCCCC(C)CC. The maximum Gasteiger partial charge on any atom is 0.472 e. The van der Waals surface area contributed by atoms with Crippen molar-refractivity contribution in [3.8, 4) is 0 Å². The predicted octanol–water partition coefficient (Wildman–Crippen LogP) is 22.6. The van der Waals surface area contributed by atoms with E-state index in [2.05, 4.69) is 48.5 Å². The van der Waals surface area contributed by atoms with Crippen LogP contribution >= 0.6 is 15.6 Å². The van der Waals surface area contributed by atoms with E-state index >= 15 is 0 Å². The molecule has 3 N–H and O–H groups in total. The number of carbonyl (C=O) groups excluding carboxylic acids is 4. The van der Waals surface area contributed by atoms with Crippen LogP contribution < -0.4 is 0 Å². The van der Waals surface area contributed by atoms with Gasteiger partial charge in [0.1, 0.15) is 19.3 Å². The fourth-order valence-electron chi connectivity index (χ4n) is 11.7. The quantitative estimate of drug-likeness (QED) is 0.0222. The zero-order valence-electron chi connectivity index (χ0n) is 62.8. The summed E-state index contributed by atoms with van der Waals surface area (Å²) < 4.78 is 68.5. The second-order valence-electron chi connectivity index (χ2n) is 28.7. The highest BCUT2D eigenvalue weighted by Crippen LogP contribution is 2.45. The van der Waals surface area contributed by atoms with E-state index in [0.717, 1.165) is 108 Å². The van der Waals surface area contributed by atoms with Crippen LogP contribution in [0.1, 0.15) is 395 Å². The molecule has 0 fully saturated rings. The van der Waals surface area contributed by atoms with Crippen LogP contribution in [-0.2, 0) is 65.4 Å². The molecule has 0 saturated carbocycles. The van der Waals surface area contributed by atoms with Crippen molar-refractivity contribution >= 4 is 39.5 Å². The number of hydrogen-bond donors (Lipinski definition) is 3.